The zero-order chi connectivity index (χ0) is 13.8. The van der Waals surface area contributed by atoms with E-state index in [1.807, 2.05) is 33.3 Å². The topological polar surface area (TPSA) is 15.3 Å². The van der Waals surface area contributed by atoms with Crippen LogP contribution < -0.4 is 10.2 Å². The van der Waals surface area contributed by atoms with Gasteiger partial charge in [0.25, 0.3) is 0 Å². The quantitative estimate of drug-likeness (QED) is 0.914. The summed E-state index contributed by atoms with van der Waals surface area (Å²) in [6.45, 7) is 0. The van der Waals surface area contributed by atoms with Crippen LogP contribution in [0.4, 0.5) is 5.69 Å². The molecule has 0 aromatic heterocycles. The predicted molar refractivity (Wildman–Crippen MR) is 83.1 cm³/mol. The molecule has 100 valence electrons. The van der Waals surface area contributed by atoms with Crippen LogP contribution in [-0.2, 0) is 0 Å². The van der Waals surface area contributed by atoms with Crippen molar-refractivity contribution >= 4 is 17.3 Å². The molecule has 0 fully saturated rings. The van der Waals surface area contributed by atoms with Crippen molar-refractivity contribution < 1.29 is 0 Å². The highest BCUT2D eigenvalue weighted by Gasteiger charge is 2.11. The second-order valence-corrected chi connectivity index (χ2v) is 5.20. The van der Waals surface area contributed by atoms with Gasteiger partial charge in [0.1, 0.15) is 0 Å². The lowest BCUT2D eigenvalue weighted by Crippen LogP contribution is -2.17. The second kappa shape index (κ2) is 6.09. The van der Waals surface area contributed by atoms with E-state index >= 15 is 0 Å². The molecule has 1 N–H and O–H groups in total. The summed E-state index contributed by atoms with van der Waals surface area (Å²) in [4.78, 5) is 2.10. The molecule has 1 atom stereocenters. The van der Waals surface area contributed by atoms with Crippen LogP contribution >= 0.6 is 11.6 Å². The Morgan fingerprint density at radius 2 is 1.37 bits per heavy atom. The van der Waals surface area contributed by atoms with E-state index in [0.29, 0.717) is 0 Å². The normalized spacial score (nSPS) is 12.2. The zero-order valence-electron chi connectivity index (χ0n) is 11.5. The summed E-state index contributed by atoms with van der Waals surface area (Å²) in [5, 5.41) is 4.11. The molecule has 2 aromatic carbocycles. The highest BCUT2D eigenvalue weighted by molar-refractivity contribution is 6.30. The van der Waals surface area contributed by atoms with Crippen molar-refractivity contribution in [2.75, 3.05) is 26.0 Å². The first-order valence-electron chi connectivity index (χ1n) is 6.32. The number of hydrogen-bond donors (Lipinski definition) is 1. The van der Waals surface area contributed by atoms with Gasteiger partial charge in [-0.25, -0.2) is 0 Å². The minimum Gasteiger partial charge on any atom is -0.378 e. The van der Waals surface area contributed by atoms with Crippen molar-refractivity contribution in [2.45, 2.75) is 6.04 Å². The van der Waals surface area contributed by atoms with Gasteiger partial charge < -0.3 is 10.2 Å². The van der Waals surface area contributed by atoms with Crippen molar-refractivity contribution in [1.82, 2.24) is 5.32 Å². The average Bonchev–Trinajstić information content (AvgIpc) is 2.42. The summed E-state index contributed by atoms with van der Waals surface area (Å²) in [5.74, 6) is 0. The van der Waals surface area contributed by atoms with Crippen LogP contribution in [0, 0.1) is 0 Å². The maximum Gasteiger partial charge on any atom is 0.0574 e. The van der Waals surface area contributed by atoms with Gasteiger partial charge in [-0.3, -0.25) is 0 Å². The Bertz CT molecular complexity index is 517. The standard InChI is InChI=1S/C16H19ClN2/c1-18-16(12-4-8-14(17)9-5-12)13-6-10-15(11-7-13)19(2)3/h4-11,16,18H,1-3H3. The van der Waals surface area contributed by atoms with Crippen molar-refractivity contribution in [2.24, 2.45) is 0 Å². The number of nitrogens with zero attached hydrogens (tertiary/aromatic N) is 1. The molecule has 0 bridgehead atoms. The van der Waals surface area contributed by atoms with E-state index in [9.17, 15) is 0 Å². The fraction of sp³-hybridized carbons (Fsp3) is 0.250. The zero-order valence-corrected chi connectivity index (χ0v) is 12.3. The van der Waals surface area contributed by atoms with Crippen LogP contribution in [0.25, 0.3) is 0 Å². The van der Waals surface area contributed by atoms with Crippen LogP contribution in [0.15, 0.2) is 48.5 Å². The average molecular weight is 275 g/mol. The van der Waals surface area contributed by atoms with E-state index in [0.717, 1.165) is 5.02 Å². The molecule has 3 heteroatoms. The Hall–Kier alpha value is -1.51. The summed E-state index contributed by atoms with van der Waals surface area (Å²) < 4.78 is 0. The SMILES string of the molecule is CNC(c1ccc(Cl)cc1)c1ccc(N(C)C)cc1. The molecule has 0 radical (unpaired) electrons. The first-order valence-corrected chi connectivity index (χ1v) is 6.69. The number of nitrogens with one attached hydrogen (secondary N) is 1. The smallest absolute Gasteiger partial charge is 0.0574 e. The van der Waals surface area contributed by atoms with Crippen molar-refractivity contribution in [3.63, 3.8) is 0 Å². The van der Waals surface area contributed by atoms with Crippen molar-refractivity contribution in [3.05, 3.63) is 64.7 Å². The number of benzene rings is 2. The third-order valence-corrected chi connectivity index (χ3v) is 3.49. The summed E-state index contributed by atoms with van der Waals surface area (Å²) >= 11 is 5.94. The molecule has 19 heavy (non-hydrogen) atoms. The minimum atomic E-state index is 0.188. The molecule has 0 aliphatic heterocycles. The van der Waals surface area contributed by atoms with E-state index in [2.05, 4.69) is 46.6 Å². The van der Waals surface area contributed by atoms with Crippen molar-refractivity contribution in [1.29, 1.82) is 0 Å². The Balaban J connectivity index is 2.28. The second-order valence-electron chi connectivity index (χ2n) is 4.76. The summed E-state index contributed by atoms with van der Waals surface area (Å²) in [6, 6.07) is 16.7. The molecule has 1 unspecified atom stereocenters. The molecule has 0 spiro atoms. The van der Waals surface area contributed by atoms with E-state index in [1.165, 1.54) is 16.8 Å². The summed E-state index contributed by atoms with van der Waals surface area (Å²) in [7, 11) is 6.06. The van der Waals surface area contributed by atoms with Gasteiger partial charge in [-0.2, -0.15) is 0 Å². The lowest BCUT2D eigenvalue weighted by Gasteiger charge is -2.19. The van der Waals surface area contributed by atoms with Gasteiger partial charge in [0.05, 0.1) is 6.04 Å². The molecule has 0 aliphatic carbocycles. The molecule has 2 rings (SSSR count). The summed E-state index contributed by atoms with van der Waals surface area (Å²) in [6.07, 6.45) is 0. The van der Waals surface area contributed by atoms with Gasteiger partial charge in [-0.1, -0.05) is 35.9 Å². The molecule has 2 nitrogen and oxygen atoms in total. The molecule has 0 aliphatic rings. The maximum atomic E-state index is 5.94. The van der Waals surface area contributed by atoms with E-state index in [4.69, 9.17) is 11.6 Å². The Morgan fingerprint density at radius 3 is 1.79 bits per heavy atom. The molecule has 0 saturated heterocycles. The number of anilines is 1. The monoisotopic (exact) mass is 274 g/mol. The van der Waals surface area contributed by atoms with E-state index < -0.39 is 0 Å². The Labute approximate surface area is 120 Å². The lowest BCUT2D eigenvalue weighted by molar-refractivity contribution is 0.692. The highest BCUT2D eigenvalue weighted by atomic mass is 35.5. The highest BCUT2D eigenvalue weighted by Crippen LogP contribution is 2.24. The van der Waals surface area contributed by atoms with Crippen LogP contribution in [0.1, 0.15) is 17.2 Å². The predicted octanol–water partition coefficient (Wildman–Crippen LogP) is 3.71. The van der Waals surface area contributed by atoms with Crippen LogP contribution in [0.2, 0.25) is 5.02 Å². The summed E-state index contributed by atoms with van der Waals surface area (Å²) in [5.41, 5.74) is 3.66. The largest absolute Gasteiger partial charge is 0.378 e. The van der Waals surface area contributed by atoms with Gasteiger partial charge in [-0.15, -0.1) is 0 Å². The fourth-order valence-corrected chi connectivity index (χ4v) is 2.27. The first-order chi connectivity index (χ1) is 9.11. The maximum absolute atomic E-state index is 5.94. The minimum absolute atomic E-state index is 0.188. The van der Waals surface area contributed by atoms with Gasteiger partial charge in [-0.05, 0) is 42.4 Å². The fourth-order valence-electron chi connectivity index (χ4n) is 2.15. The molecule has 0 saturated carbocycles. The first kappa shape index (κ1) is 13.9. The molecule has 0 amide bonds. The molecular weight excluding hydrogens is 256 g/mol. The Morgan fingerprint density at radius 1 is 0.895 bits per heavy atom. The van der Waals surface area contributed by atoms with Gasteiger partial charge >= 0.3 is 0 Å². The number of halogens is 1. The van der Waals surface area contributed by atoms with E-state index in [1.54, 1.807) is 0 Å². The van der Waals surface area contributed by atoms with Crippen LogP contribution in [-0.4, -0.2) is 21.1 Å². The Kier molecular flexibility index (Phi) is 4.46. The number of rotatable bonds is 4. The lowest BCUT2D eigenvalue weighted by atomic mass is 9.98. The van der Waals surface area contributed by atoms with Gasteiger partial charge in [0.15, 0.2) is 0 Å². The van der Waals surface area contributed by atoms with Gasteiger partial charge in [0.2, 0.25) is 0 Å². The van der Waals surface area contributed by atoms with Crippen LogP contribution in [0.5, 0.6) is 0 Å². The third kappa shape index (κ3) is 3.28. The molecule has 2 aromatic rings. The van der Waals surface area contributed by atoms with E-state index in [-0.39, 0.29) is 6.04 Å². The van der Waals surface area contributed by atoms with Crippen molar-refractivity contribution in [3.8, 4) is 0 Å². The molecular formula is C16H19ClN2. The third-order valence-electron chi connectivity index (χ3n) is 3.23. The number of hydrogen-bond acceptors (Lipinski definition) is 2. The van der Waals surface area contributed by atoms with Crippen LogP contribution in [0.3, 0.4) is 0 Å². The van der Waals surface area contributed by atoms with Gasteiger partial charge in [0, 0.05) is 24.8 Å². The molecule has 0 heterocycles.